The zero-order valence-electron chi connectivity index (χ0n) is 14.4. The molecule has 0 bridgehead atoms. The van der Waals surface area contributed by atoms with Crippen molar-refractivity contribution in [1.29, 1.82) is 0 Å². The van der Waals surface area contributed by atoms with E-state index < -0.39 is 0 Å². The van der Waals surface area contributed by atoms with Crippen LogP contribution in [0.5, 0.6) is 0 Å². The summed E-state index contributed by atoms with van der Waals surface area (Å²) in [6.45, 7) is 6.12. The van der Waals surface area contributed by atoms with E-state index in [9.17, 15) is 4.79 Å². The van der Waals surface area contributed by atoms with Crippen molar-refractivity contribution >= 4 is 16.9 Å². The zero-order chi connectivity index (χ0) is 17.2. The van der Waals surface area contributed by atoms with Crippen LogP contribution in [0.25, 0.3) is 22.2 Å². The Bertz CT molecular complexity index is 876. The third-order valence-corrected chi connectivity index (χ3v) is 4.91. The van der Waals surface area contributed by atoms with Gasteiger partial charge >= 0.3 is 0 Å². The Morgan fingerprint density at radius 3 is 2.56 bits per heavy atom. The molecule has 0 unspecified atom stereocenters. The van der Waals surface area contributed by atoms with Gasteiger partial charge in [0.1, 0.15) is 5.65 Å². The molecule has 4 rings (SSSR count). The van der Waals surface area contributed by atoms with E-state index in [1.807, 2.05) is 23.4 Å². The van der Waals surface area contributed by atoms with E-state index in [1.54, 1.807) is 6.92 Å². The number of carbonyl (C=O) groups excluding carboxylic acids is 1. The number of aromatic nitrogens is 2. The second-order valence-electron chi connectivity index (χ2n) is 6.62. The number of benzene rings is 1. The molecule has 0 radical (unpaired) electrons. The van der Waals surface area contributed by atoms with Crippen LogP contribution in [0.3, 0.4) is 0 Å². The summed E-state index contributed by atoms with van der Waals surface area (Å²) in [5.74, 6) is 0.178. The number of piperazine rings is 1. The number of fused-ring (bicyclic) bond motifs is 1. The number of pyridine rings is 1. The first-order valence-electron chi connectivity index (χ1n) is 8.69. The molecule has 1 N–H and O–H groups in total. The molecule has 0 aliphatic carbocycles. The first-order valence-corrected chi connectivity index (χ1v) is 8.69. The summed E-state index contributed by atoms with van der Waals surface area (Å²) in [6.07, 6.45) is 3.82. The molecule has 0 spiro atoms. The summed E-state index contributed by atoms with van der Waals surface area (Å²) in [5, 5.41) is 1.13. The summed E-state index contributed by atoms with van der Waals surface area (Å²) in [7, 11) is 0. The molecule has 3 heterocycles. The third-order valence-electron chi connectivity index (χ3n) is 4.91. The average molecular weight is 334 g/mol. The summed E-state index contributed by atoms with van der Waals surface area (Å²) >= 11 is 0. The summed E-state index contributed by atoms with van der Waals surface area (Å²) < 4.78 is 0. The number of H-pyrrole nitrogens is 1. The maximum Gasteiger partial charge on any atom is 0.219 e. The van der Waals surface area contributed by atoms with Gasteiger partial charge in [0, 0.05) is 63.0 Å². The standard InChI is InChI=1S/C20H22N4O/c1-15(25)24-10-8-23(9-11-24)14-16-2-4-17(5-3-16)19-12-18-6-7-21-20(18)22-13-19/h2-7,12-13H,8-11,14H2,1H3,(H,21,22). The fraction of sp³-hybridized carbons (Fsp3) is 0.300. The van der Waals surface area contributed by atoms with Crippen molar-refractivity contribution in [2.24, 2.45) is 0 Å². The fourth-order valence-corrected chi connectivity index (χ4v) is 3.38. The highest BCUT2D eigenvalue weighted by molar-refractivity contribution is 5.81. The largest absolute Gasteiger partial charge is 0.346 e. The second-order valence-corrected chi connectivity index (χ2v) is 6.62. The highest BCUT2D eigenvalue weighted by Gasteiger charge is 2.18. The molecule has 1 amide bonds. The van der Waals surface area contributed by atoms with Crippen LogP contribution < -0.4 is 0 Å². The first-order chi connectivity index (χ1) is 12.2. The second kappa shape index (κ2) is 6.69. The van der Waals surface area contributed by atoms with Gasteiger partial charge in [-0.05, 0) is 23.3 Å². The molecule has 25 heavy (non-hydrogen) atoms. The number of hydrogen-bond donors (Lipinski definition) is 1. The lowest BCUT2D eigenvalue weighted by molar-refractivity contribution is -0.130. The Labute approximate surface area is 147 Å². The molecular weight excluding hydrogens is 312 g/mol. The Balaban J connectivity index is 1.42. The van der Waals surface area contributed by atoms with Crippen LogP contribution in [0.15, 0.2) is 48.8 Å². The van der Waals surface area contributed by atoms with Crippen molar-refractivity contribution < 1.29 is 4.79 Å². The molecule has 1 aromatic carbocycles. The molecule has 1 fully saturated rings. The molecule has 3 aromatic rings. The predicted molar refractivity (Wildman–Crippen MR) is 99.1 cm³/mol. The van der Waals surface area contributed by atoms with E-state index in [2.05, 4.69) is 45.2 Å². The van der Waals surface area contributed by atoms with Crippen LogP contribution >= 0.6 is 0 Å². The number of amides is 1. The van der Waals surface area contributed by atoms with Crippen LogP contribution in [-0.2, 0) is 11.3 Å². The maximum atomic E-state index is 11.4. The monoisotopic (exact) mass is 334 g/mol. The maximum absolute atomic E-state index is 11.4. The van der Waals surface area contributed by atoms with Crippen molar-refractivity contribution in [3.63, 3.8) is 0 Å². The number of rotatable bonds is 3. The number of hydrogen-bond acceptors (Lipinski definition) is 3. The van der Waals surface area contributed by atoms with Gasteiger partial charge in [0.2, 0.25) is 5.91 Å². The molecule has 1 saturated heterocycles. The lowest BCUT2D eigenvalue weighted by atomic mass is 10.0. The fourth-order valence-electron chi connectivity index (χ4n) is 3.38. The molecule has 1 aliphatic rings. The van der Waals surface area contributed by atoms with Crippen molar-refractivity contribution in [1.82, 2.24) is 19.8 Å². The van der Waals surface area contributed by atoms with Crippen LogP contribution in [0, 0.1) is 0 Å². The smallest absolute Gasteiger partial charge is 0.219 e. The van der Waals surface area contributed by atoms with Crippen molar-refractivity contribution in [2.45, 2.75) is 13.5 Å². The lowest BCUT2D eigenvalue weighted by Gasteiger charge is -2.34. The molecule has 5 heteroatoms. The van der Waals surface area contributed by atoms with Gasteiger partial charge in [-0.25, -0.2) is 4.98 Å². The summed E-state index contributed by atoms with van der Waals surface area (Å²) in [6, 6.07) is 12.9. The van der Waals surface area contributed by atoms with Gasteiger partial charge in [0.05, 0.1) is 0 Å². The molecule has 128 valence electrons. The number of nitrogens with zero attached hydrogens (tertiary/aromatic N) is 3. The minimum atomic E-state index is 0.178. The number of aromatic amines is 1. The third kappa shape index (κ3) is 3.42. The molecule has 1 aliphatic heterocycles. The van der Waals surface area contributed by atoms with Crippen LogP contribution in [0.1, 0.15) is 12.5 Å². The average Bonchev–Trinajstić information content (AvgIpc) is 3.10. The predicted octanol–water partition coefficient (Wildman–Crippen LogP) is 2.89. The van der Waals surface area contributed by atoms with Crippen LogP contribution in [0.2, 0.25) is 0 Å². The minimum Gasteiger partial charge on any atom is -0.346 e. The number of carbonyl (C=O) groups is 1. The van der Waals surface area contributed by atoms with Gasteiger partial charge in [0.25, 0.3) is 0 Å². The van der Waals surface area contributed by atoms with Gasteiger partial charge in [-0.2, -0.15) is 0 Å². The topological polar surface area (TPSA) is 52.2 Å². The van der Waals surface area contributed by atoms with Gasteiger partial charge < -0.3 is 9.88 Å². The molecule has 5 nitrogen and oxygen atoms in total. The Morgan fingerprint density at radius 1 is 1.08 bits per heavy atom. The highest BCUT2D eigenvalue weighted by Crippen LogP contribution is 2.23. The Hall–Kier alpha value is -2.66. The lowest BCUT2D eigenvalue weighted by Crippen LogP contribution is -2.47. The SMILES string of the molecule is CC(=O)N1CCN(Cc2ccc(-c3cnc4[nH]ccc4c3)cc2)CC1. The van der Waals surface area contributed by atoms with Gasteiger partial charge in [0.15, 0.2) is 0 Å². The van der Waals surface area contributed by atoms with E-state index in [-0.39, 0.29) is 5.91 Å². The van der Waals surface area contributed by atoms with Crippen molar-refractivity contribution in [2.75, 3.05) is 26.2 Å². The minimum absolute atomic E-state index is 0.178. The van der Waals surface area contributed by atoms with E-state index >= 15 is 0 Å². The molecule has 0 atom stereocenters. The van der Waals surface area contributed by atoms with Crippen LogP contribution in [0.4, 0.5) is 0 Å². The first kappa shape index (κ1) is 15.8. The highest BCUT2D eigenvalue weighted by atomic mass is 16.2. The van der Waals surface area contributed by atoms with Crippen molar-refractivity contribution in [3.8, 4) is 11.1 Å². The molecule has 2 aromatic heterocycles. The summed E-state index contributed by atoms with van der Waals surface area (Å²) in [5.41, 5.74) is 4.54. The summed E-state index contributed by atoms with van der Waals surface area (Å²) in [4.78, 5) is 23.3. The molecule has 0 saturated carbocycles. The quantitative estimate of drug-likeness (QED) is 0.801. The van der Waals surface area contributed by atoms with Gasteiger partial charge in [-0.1, -0.05) is 24.3 Å². The zero-order valence-corrected chi connectivity index (χ0v) is 14.4. The normalized spacial score (nSPS) is 15.6. The Morgan fingerprint density at radius 2 is 1.84 bits per heavy atom. The van der Waals surface area contributed by atoms with Crippen LogP contribution in [-0.4, -0.2) is 51.9 Å². The van der Waals surface area contributed by atoms with Gasteiger partial charge in [-0.3, -0.25) is 9.69 Å². The van der Waals surface area contributed by atoms with E-state index in [1.165, 1.54) is 11.1 Å². The van der Waals surface area contributed by atoms with E-state index in [4.69, 9.17) is 0 Å². The van der Waals surface area contributed by atoms with Crippen molar-refractivity contribution in [3.05, 3.63) is 54.4 Å². The van der Waals surface area contributed by atoms with E-state index in [0.29, 0.717) is 0 Å². The molecular formula is C20H22N4O. The number of nitrogens with one attached hydrogen (secondary N) is 1. The Kier molecular flexibility index (Phi) is 4.24. The van der Waals surface area contributed by atoms with Gasteiger partial charge in [-0.15, -0.1) is 0 Å². The van der Waals surface area contributed by atoms with E-state index in [0.717, 1.165) is 49.3 Å².